The summed E-state index contributed by atoms with van der Waals surface area (Å²) in [6, 6.07) is 2.61. The number of benzene rings is 2. The molecule has 12 atom stereocenters. The van der Waals surface area contributed by atoms with E-state index in [1.165, 1.54) is 13.8 Å². The normalized spacial score (nSPS) is 22.0. The molecule has 0 saturated carbocycles. The molecule has 2 aromatic carbocycles. The molecule has 0 aromatic heterocycles. The molecule has 23 N–H and O–H groups in total. The van der Waals surface area contributed by atoms with Gasteiger partial charge < -0.3 is 97.4 Å². The Morgan fingerprint density at radius 3 is 1.49 bits per heavy atom. The number of carbonyl (C=O) groups excluding carboxylic acids is 11. The number of nitrogens with one attached hydrogen (secondary N) is 11. The molecule has 1 unspecified atom stereocenters. The predicted octanol–water partition coefficient (Wildman–Crippen LogP) is -4.90. The molecular formula is C59H96N16O13. The van der Waals surface area contributed by atoms with E-state index in [0.717, 1.165) is 31.2 Å². The number of aryl methyl sites for hydroxylation is 1. The third kappa shape index (κ3) is 26.3. The highest BCUT2D eigenvalue weighted by Gasteiger charge is 2.37. The molecule has 0 spiro atoms. The van der Waals surface area contributed by atoms with Crippen molar-refractivity contribution in [2.75, 3.05) is 39.3 Å². The van der Waals surface area contributed by atoms with Crippen molar-refractivity contribution >= 4 is 65.0 Å². The summed E-state index contributed by atoms with van der Waals surface area (Å²) in [5, 5.41) is 49.9. The molecule has 1 fully saturated rings. The lowest BCUT2D eigenvalue weighted by Gasteiger charge is -2.28. The average molecular weight is 1240 g/mol. The molecule has 29 heteroatoms. The summed E-state index contributed by atoms with van der Waals surface area (Å²) in [7, 11) is 0. The van der Waals surface area contributed by atoms with Crippen LogP contribution < -0.4 is 87.2 Å². The number of hydrogen-bond acceptors (Lipinski definition) is 18. The van der Waals surface area contributed by atoms with Crippen molar-refractivity contribution in [1.82, 2.24) is 58.5 Å². The number of aliphatic hydroxyl groups is 2. The molecule has 1 heterocycles. The molecule has 490 valence electrons. The van der Waals surface area contributed by atoms with Crippen LogP contribution in [0.1, 0.15) is 115 Å². The number of amides is 11. The molecular weight excluding hydrogens is 1140 g/mol. The summed E-state index contributed by atoms with van der Waals surface area (Å²) >= 11 is 0. The summed E-state index contributed by atoms with van der Waals surface area (Å²) in [6.45, 7) is 3.26. The van der Waals surface area contributed by atoms with Gasteiger partial charge in [-0.2, -0.15) is 0 Å². The topological polar surface area (TPSA) is 491 Å². The fourth-order valence-corrected chi connectivity index (χ4v) is 9.55. The second-order valence-corrected chi connectivity index (χ2v) is 21.8. The number of rotatable bonds is 30. The molecule has 29 nitrogen and oxygen atoms in total. The van der Waals surface area contributed by atoms with Crippen LogP contribution in [0.2, 0.25) is 0 Å². The summed E-state index contributed by atoms with van der Waals surface area (Å²) in [6.07, 6.45) is 0.0997. The van der Waals surface area contributed by atoms with Crippen molar-refractivity contribution < 1.29 is 63.0 Å². The van der Waals surface area contributed by atoms with Gasteiger partial charge in [-0.05, 0) is 115 Å². The van der Waals surface area contributed by atoms with E-state index in [2.05, 4.69) is 65.4 Å². The van der Waals surface area contributed by atoms with Gasteiger partial charge in [0.15, 0.2) is 0 Å². The Bertz CT molecular complexity index is 2550. The van der Waals surface area contributed by atoms with E-state index >= 15 is 0 Å². The summed E-state index contributed by atoms with van der Waals surface area (Å²) in [5.41, 5.74) is 30.8. The van der Waals surface area contributed by atoms with Crippen molar-refractivity contribution in [2.24, 2.45) is 28.7 Å². The van der Waals surface area contributed by atoms with E-state index in [1.807, 2.05) is 0 Å². The predicted molar refractivity (Wildman–Crippen MR) is 327 cm³/mol. The molecule has 1 aliphatic rings. The third-order valence-corrected chi connectivity index (χ3v) is 14.6. The number of unbranched alkanes of at least 4 members (excludes halogenated alkanes) is 4. The zero-order valence-electron chi connectivity index (χ0n) is 50.8. The fraction of sp³-hybridized carbons (Fsp3) is 0.610. The molecule has 88 heavy (non-hydrogen) atoms. The molecule has 3 rings (SSSR count). The molecule has 1 saturated heterocycles. The van der Waals surface area contributed by atoms with Crippen molar-refractivity contribution in [3.05, 3.63) is 71.8 Å². The van der Waals surface area contributed by atoms with Gasteiger partial charge in [0.05, 0.1) is 12.2 Å². The van der Waals surface area contributed by atoms with Crippen molar-refractivity contribution in [2.45, 2.75) is 190 Å². The van der Waals surface area contributed by atoms with E-state index < -0.39 is 151 Å². The SMILES string of the molecule is CCCCCCCC(=O)N[C@@H](CCN)C(=O)N[C@H](C(=O)N[C@@H](CCN)C(=O)N[C@H]1CCNC(=O)[C@H]([C@@H](C)O)NC(=O)[C@H](CCN)NC(=O)[C@H](CCN)NC(=O)C(Cc2ccccc2)NC(=O)[C@@H](CCc2ccccc2)NC(=O)[C@@H](CCN)NC1=O)[C@H](C)O. The first-order valence-corrected chi connectivity index (χ1v) is 30.4. The number of carbonyl (C=O) groups is 11. The van der Waals surface area contributed by atoms with Gasteiger partial charge in [0.2, 0.25) is 65.0 Å². The van der Waals surface area contributed by atoms with E-state index in [9.17, 15) is 63.0 Å². The van der Waals surface area contributed by atoms with Gasteiger partial charge in [0, 0.05) is 19.4 Å². The van der Waals surface area contributed by atoms with E-state index in [1.54, 1.807) is 60.7 Å². The maximum absolute atomic E-state index is 14.6. The highest BCUT2D eigenvalue weighted by molar-refractivity contribution is 5.99. The minimum Gasteiger partial charge on any atom is -0.391 e. The first kappa shape index (κ1) is 74.6. The lowest BCUT2D eigenvalue weighted by atomic mass is 10.0. The number of hydrogen-bond donors (Lipinski definition) is 18. The lowest BCUT2D eigenvalue weighted by Crippen LogP contribution is -2.62. The minimum absolute atomic E-state index is 0.0170. The largest absolute Gasteiger partial charge is 0.391 e. The fourth-order valence-electron chi connectivity index (χ4n) is 9.55. The smallest absolute Gasteiger partial charge is 0.245 e. The van der Waals surface area contributed by atoms with Crippen molar-refractivity contribution in [1.29, 1.82) is 0 Å². The quantitative estimate of drug-likeness (QED) is 0.0326. The van der Waals surface area contributed by atoms with Gasteiger partial charge in [-0.25, -0.2) is 0 Å². The van der Waals surface area contributed by atoms with Gasteiger partial charge >= 0.3 is 0 Å². The minimum atomic E-state index is -1.70. The average Bonchev–Trinajstić information content (AvgIpc) is 3.64. The summed E-state index contributed by atoms with van der Waals surface area (Å²) < 4.78 is 0. The zero-order chi connectivity index (χ0) is 65.1. The Morgan fingerprint density at radius 2 is 0.989 bits per heavy atom. The van der Waals surface area contributed by atoms with Crippen LogP contribution in [0, 0.1) is 0 Å². The van der Waals surface area contributed by atoms with Gasteiger partial charge in [-0.1, -0.05) is 93.3 Å². The Labute approximate surface area is 514 Å². The number of nitrogens with two attached hydrogens (primary N) is 5. The van der Waals surface area contributed by atoms with Gasteiger partial charge in [-0.3, -0.25) is 52.7 Å². The summed E-state index contributed by atoms with van der Waals surface area (Å²) in [4.78, 5) is 155. The van der Waals surface area contributed by atoms with Crippen molar-refractivity contribution in [3.63, 3.8) is 0 Å². The number of aliphatic hydroxyl groups excluding tert-OH is 2. The Hall–Kier alpha value is -7.67. The van der Waals surface area contributed by atoms with Gasteiger partial charge in [-0.15, -0.1) is 0 Å². The van der Waals surface area contributed by atoms with Crippen molar-refractivity contribution in [3.8, 4) is 0 Å². The van der Waals surface area contributed by atoms with Crippen LogP contribution in [0.3, 0.4) is 0 Å². The standard InChI is InChI=1S/C59H96N16O13/c1-4-5-6-7-14-19-47(78)66-40(22-28-60)55(84)75-49(36(3)77)59(88)72-43(25-31-63)53(82)71-45-27-33-65-58(87)48(35(2)76)74-56(85)44(26-32-64)69-52(81)42(24-30-62)70-57(86)46(34-38-17-12-9-13-18-38)73-50(79)39(21-20-37-15-10-8-11-16-37)67-51(80)41(23-29-61)68-54(45)83/h8-13,15-18,35-36,39-46,48-49,76-77H,4-7,14,19-34,60-64H2,1-3H3,(H,65,87)(H,66,78)(H,67,80)(H,68,83)(H,69,81)(H,70,86)(H,71,82)(H,72,88)(H,73,79)(H,74,85)(H,75,84)/t35-,36+,39-,40+,41-,42+,43+,44+,45+,46?,48+,49+/m1/s1. The Morgan fingerprint density at radius 1 is 0.523 bits per heavy atom. The third-order valence-electron chi connectivity index (χ3n) is 14.6. The van der Waals surface area contributed by atoms with Crippen LogP contribution in [0.5, 0.6) is 0 Å². The van der Waals surface area contributed by atoms with Crippen LogP contribution in [-0.2, 0) is 65.6 Å². The molecule has 1 aliphatic heterocycles. The molecule has 0 bridgehead atoms. The Balaban J connectivity index is 2.10. The van der Waals surface area contributed by atoms with Gasteiger partial charge in [0.1, 0.15) is 60.4 Å². The highest BCUT2D eigenvalue weighted by atomic mass is 16.3. The van der Waals surface area contributed by atoms with Crippen LogP contribution in [0.15, 0.2) is 60.7 Å². The molecule has 2 aromatic rings. The van der Waals surface area contributed by atoms with E-state index in [-0.39, 0.29) is 90.5 Å². The van der Waals surface area contributed by atoms with E-state index in [0.29, 0.717) is 12.0 Å². The Kier molecular flexibility index (Phi) is 34.5. The maximum Gasteiger partial charge on any atom is 0.245 e. The van der Waals surface area contributed by atoms with Gasteiger partial charge in [0.25, 0.3) is 0 Å². The van der Waals surface area contributed by atoms with Crippen LogP contribution in [0.25, 0.3) is 0 Å². The zero-order valence-corrected chi connectivity index (χ0v) is 50.8. The first-order valence-electron chi connectivity index (χ1n) is 30.4. The van der Waals surface area contributed by atoms with Crippen LogP contribution in [0.4, 0.5) is 0 Å². The summed E-state index contributed by atoms with van der Waals surface area (Å²) in [5.74, 6) is -9.80. The maximum atomic E-state index is 14.6. The molecule has 11 amide bonds. The lowest BCUT2D eigenvalue weighted by molar-refractivity contribution is -0.137. The van der Waals surface area contributed by atoms with E-state index in [4.69, 9.17) is 28.7 Å². The second kappa shape index (κ2) is 40.7. The van der Waals surface area contributed by atoms with Crippen LogP contribution >= 0.6 is 0 Å². The second-order valence-electron chi connectivity index (χ2n) is 21.8. The molecule has 0 aliphatic carbocycles. The monoisotopic (exact) mass is 1240 g/mol. The highest BCUT2D eigenvalue weighted by Crippen LogP contribution is 2.12. The van der Waals surface area contributed by atoms with Crippen LogP contribution in [-0.4, -0.2) is 187 Å². The first-order chi connectivity index (χ1) is 42.1. The molecule has 0 radical (unpaired) electrons.